The summed E-state index contributed by atoms with van der Waals surface area (Å²) in [5, 5.41) is 9.24. The Labute approximate surface area is 84.7 Å². The number of nitrogens with zero attached hydrogens (tertiary/aromatic N) is 2. The Morgan fingerprint density at radius 1 is 1.62 bits per heavy atom. The van der Waals surface area contributed by atoms with Gasteiger partial charge in [-0.25, -0.2) is 4.98 Å². The molecule has 0 aliphatic heterocycles. The zero-order valence-corrected chi connectivity index (χ0v) is 8.30. The third-order valence-corrected chi connectivity index (χ3v) is 1.62. The summed E-state index contributed by atoms with van der Waals surface area (Å²) in [5.41, 5.74) is 6.50. The molecule has 1 aromatic rings. The standard InChI is InChI=1S/C9H6BrN3/c10-3-1-2-7-4-8(5-11)9(12)13-6-7/h4,6H,3H2,(H2,12,13). The van der Waals surface area contributed by atoms with Crippen LogP contribution in [0.2, 0.25) is 0 Å². The maximum absolute atomic E-state index is 8.64. The Morgan fingerprint density at radius 2 is 2.38 bits per heavy atom. The maximum atomic E-state index is 8.64. The second-order valence-electron chi connectivity index (χ2n) is 2.20. The van der Waals surface area contributed by atoms with E-state index in [1.165, 1.54) is 0 Å². The van der Waals surface area contributed by atoms with Crippen LogP contribution in [0.3, 0.4) is 0 Å². The largest absolute Gasteiger partial charge is 0.383 e. The van der Waals surface area contributed by atoms with Crippen LogP contribution in [-0.4, -0.2) is 10.3 Å². The molecule has 1 heterocycles. The van der Waals surface area contributed by atoms with Crippen molar-refractivity contribution in [1.82, 2.24) is 4.98 Å². The van der Waals surface area contributed by atoms with Crippen molar-refractivity contribution in [3.63, 3.8) is 0 Å². The number of hydrogen-bond acceptors (Lipinski definition) is 3. The Bertz CT molecular complexity index is 409. The lowest BCUT2D eigenvalue weighted by Gasteiger charge is -1.95. The van der Waals surface area contributed by atoms with E-state index < -0.39 is 0 Å². The molecule has 0 saturated heterocycles. The van der Waals surface area contributed by atoms with Gasteiger partial charge in [0.15, 0.2) is 0 Å². The fourth-order valence-corrected chi connectivity index (χ4v) is 0.909. The van der Waals surface area contributed by atoms with Crippen molar-refractivity contribution in [2.75, 3.05) is 11.1 Å². The number of nitrogens with two attached hydrogens (primary N) is 1. The van der Waals surface area contributed by atoms with Gasteiger partial charge in [-0.1, -0.05) is 27.8 Å². The molecule has 2 N–H and O–H groups in total. The van der Waals surface area contributed by atoms with Crippen LogP contribution >= 0.6 is 15.9 Å². The average molecular weight is 236 g/mol. The SMILES string of the molecule is N#Cc1cc(C#CCBr)cnc1N. The number of nitrogen functional groups attached to an aromatic ring is 1. The fourth-order valence-electron chi connectivity index (χ4n) is 0.769. The number of aromatic nitrogens is 1. The zero-order chi connectivity index (χ0) is 9.68. The van der Waals surface area contributed by atoms with Gasteiger partial charge in [-0.05, 0) is 6.07 Å². The van der Waals surface area contributed by atoms with Gasteiger partial charge in [0, 0.05) is 11.8 Å². The van der Waals surface area contributed by atoms with E-state index in [1.807, 2.05) is 6.07 Å². The molecule has 0 aliphatic rings. The molecule has 13 heavy (non-hydrogen) atoms. The van der Waals surface area contributed by atoms with Crippen LogP contribution in [0, 0.1) is 23.2 Å². The molecule has 0 bridgehead atoms. The van der Waals surface area contributed by atoms with E-state index in [2.05, 4.69) is 32.8 Å². The van der Waals surface area contributed by atoms with Gasteiger partial charge in [-0.3, -0.25) is 0 Å². The maximum Gasteiger partial charge on any atom is 0.141 e. The quantitative estimate of drug-likeness (QED) is 0.545. The van der Waals surface area contributed by atoms with Crippen LogP contribution in [0.5, 0.6) is 0 Å². The molecular weight excluding hydrogens is 230 g/mol. The molecule has 1 rings (SSSR count). The molecule has 0 fully saturated rings. The lowest BCUT2D eigenvalue weighted by Crippen LogP contribution is -1.94. The molecule has 0 aromatic carbocycles. The van der Waals surface area contributed by atoms with Crippen LogP contribution in [0.15, 0.2) is 12.3 Å². The smallest absolute Gasteiger partial charge is 0.141 e. The number of alkyl halides is 1. The number of rotatable bonds is 0. The Kier molecular flexibility index (Phi) is 3.31. The molecule has 0 amide bonds. The Balaban J connectivity index is 3.08. The molecule has 3 nitrogen and oxygen atoms in total. The lowest BCUT2D eigenvalue weighted by molar-refractivity contribution is 1.30. The minimum absolute atomic E-state index is 0.242. The highest BCUT2D eigenvalue weighted by Gasteiger charge is 1.98. The van der Waals surface area contributed by atoms with Gasteiger partial charge < -0.3 is 5.73 Å². The van der Waals surface area contributed by atoms with Crippen LogP contribution < -0.4 is 5.73 Å². The molecule has 1 aromatic heterocycles. The number of pyridine rings is 1. The van der Waals surface area contributed by atoms with Crippen molar-refractivity contribution in [2.24, 2.45) is 0 Å². The molecule has 64 valence electrons. The minimum atomic E-state index is 0.242. The normalized spacial score (nSPS) is 8.31. The first-order chi connectivity index (χ1) is 6.27. The zero-order valence-electron chi connectivity index (χ0n) is 6.71. The summed E-state index contributed by atoms with van der Waals surface area (Å²) in [4.78, 5) is 3.84. The Morgan fingerprint density at radius 3 is 3.00 bits per heavy atom. The van der Waals surface area contributed by atoms with Gasteiger partial charge in [0.05, 0.1) is 10.9 Å². The van der Waals surface area contributed by atoms with E-state index in [1.54, 1.807) is 12.3 Å². The number of anilines is 1. The summed E-state index contributed by atoms with van der Waals surface area (Å²) < 4.78 is 0. The summed E-state index contributed by atoms with van der Waals surface area (Å²) in [5.74, 6) is 5.88. The van der Waals surface area contributed by atoms with E-state index in [9.17, 15) is 0 Å². The first-order valence-corrected chi connectivity index (χ1v) is 4.60. The summed E-state index contributed by atoms with van der Waals surface area (Å²) in [6.45, 7) is 0. The molecule has 4 heteroatoms. The predicted octanol–water partition coefficient (Wildman–Crippen LogP) is 1.28. The topological polar surface area (TPSA) is 62.7 Å². The minimum Gasteiger partial charge on any atom is -0.383 e. The van der Waals surface area contributed by atoms with Crippen LogP contribution in [0.1, 0.15) is 11.1 Å². The van der Waals surface area contributed by atoms with Crippen molar-refractivity contribution >= 4 is 21.7 Å². The van der Waals surface area contributed by atoms with Gasteiger partial charge >= 0.3 is 0 Å². The molecule has 0 unspecified atom stereocenters. The molecule has 0 saturated carbocycles. The Hall–Kier alpha value is -1.52. The third kappa shape index (κ3) is 2.47. The number of nitriles is 1. The highest BCUT2D eigenvalue weighted by Crippen LogP contribution is 2.07. The van der Waals surface area contributed by atoms with Crippen molar-refractivity contribution < 1.29 is 0 Å². The predicted molar refractivity (Wildman–Crippen MR) is 54.0 cm³/mol. The van der Waals surface area contributed by atoms with Crippen molar-refractivity contribution in [3.8, 4) is 17.9 Å². The van der Waals surface area contributed by atoms with Crippen LogP contribution in [0.25, 0.3) is 0 Å². The average Bonchev–Trinajstić information content (AvgIpc) is 2.16. The van der Waals surface area contributed by atoms with Crippen molar-refractivity contribution in [3.05, 3.63) is 23.4 Å². The summed E-state index contributed by atoms with van der Waals surface area (Å²) in [7, 11) is 0. The van der Waals surface area contributed by atoms with Crippen molar-refractivity contribution in [2.45, 2.75) is 0 Å². The molecule has 0 atom stereocenters. The summed E-state index contributed by atoms with van der Waals surface area (Å²) >= 11 is 3.17. The second-order valence-corrected chi connectivity index (χ2v) is 2.76. The first kappa shape index (κ1) is 9.57. The van der Waals surface area contributed by atoms with E-state index in [0.29, 0.717) is 16.5 Å². The highest BCUT2D eigenvalue weighted by atomic mass is 79.9. The summed E-state index contributed by atoms with van der Waals surface area (Å²) in [6.07, 6.45) is 1.55. The molecule has 0 aliphatic carbocycles. The number of hydrogen-bond donors (Lipinski definition) is 1. The van der Waals surface area contributed by atoms with Gasteiger partial charge in [0.1, 0.15) is 11.9 Å². The second kappa shape index (κ2) is 4.49. The molecular formula is C9H6BrN3. The van der Waals surface area contributed by atoms with Gasteiger partial charge in [-0.2, -0.15) is 5.26 Å². The van der Waals surface area contributed by atoms with Gasteiger partial charge in [0.25, 0.3) is 0 Å². The monoisotopic (exact) mass is 235 g/mol. The van der Waals surface area contributed by atoms with Crippen LogP contribution in [-0.2, 0) is 0 Å². The molecule has 0 spiro atoms. The highest BCUT2D eigenvalue weighted by molar-refractivity contribution is 9.09. The fraction of sp³-hybridized carbons (Fsp3) is 0.111. The van der Waals surface area contributed by atoms with E-state index in [0.717, 1.165) is 0 Å². The van der Waals surface area contributed by atoms with E-state index in [-0.39, 0.29) is 5.82 Å². The van der Waals surface area contributed by atoms with E-state index >= 15 is 0 Å². The number of halogens is 1. The lowest BCUT2D eigenvalue weighted by atomic mass is 10.2. The van der Waals surface area contributed by atoms with Gasteiger partial charge in [0.2, 0.25) is 0 Å². The van der Waals surface area contributed by atoms with Crippen molar-refractivity contribution in [1.29, 1.82) is 5.26 Å². The van der Waals surface area contributed by atoms with E-state index in [4.69, 9.17) is 11.0 Å². The van der Waals surface area contributed by atoms with Crippen LogP contribution in [0.4, 0.5) is 5.82 Å². The molecule has 0 radical (unpaired) electrons. The van der Waals surface area contributed by atoms with Gasteiger partial charge in [-0.15, -0.1) is 0 Å². The third-order valence-electron chi connectivity index (χ3n) is 1.34. The first-order valence-electron chi connectivity index (χ1n) is 3.48. The summed E-state index contributed by atoms with van der Waals surface area (Å²) in [6, 6.07) is 3.57.